The second-order valence-electron chi connectivity index (χ2n) is 4.85. The molecule has 0 aromatic rings. The Labute approximate surface area is 87.2 Å². The summed E-state index contributed by atoms with van der Waals surface area (Å²) in [6.45, 7) is 6.50. The second-order valence-corrected chi connectivity index (χ2v) is 4.85. The molecule has 1 saturated carbocycles. The Balaban J connectivity index is 0.000000213. The van der Waals surface area contributed by atoms with E-state index in [1.54, 1.807) is 0 Å². The van der Waals surface area contributed by atoms with Crippen molar-refractivity contribution in [2.45, 2.75) is 58.5 Å². The van der Waals surface area contributed by atoms with Gasteiger partial charge in [0, 0.05) is 0 Å². The molecule has 0 aromatic heterocycles. The first kappa shape index (κ1) is 11.3. The lowest BCUT2D eigenvalue weighted by molar-refractivity contribution is 0.384. The molecule has 2 unspecified atom stereocenters. The number of hydrogen-bond donors (Lipinski definition) is 2. The van der Waals surface area contributed by atoms with Gasteiger partial charge >= 0.3 is 0 Å². The van der Waals surface area contributed by atoms with E-state index in [9.17, 15) is 0 Å². The number of aliphatic imine (C=N–C) groups is 1. The third-order valence-corrected chi connectivity index (χ3v) is 2.37. The van der Waals surface area contributed by atoms with Crippen molar-refractivity contribution in [2.24, 2.45) is 16.6 Å². The molecule has 3 N–H and O–H groups in total. The molecule has 1 heterocycles. The van der Waals surface area contributed by atoms with Gasteiger partial charge in [-0.25, -0.2) is 4.99 Å². The SMILES string of the molecule is CC(C)C.NC1=NC2CCCCC2N1. The summed E-state index contributed by atoms with van der Waals surface area (Å²) in [7, 11) is 0. The van der Waals surface area contributed by atoms with E-state index in [1.807, 2.05) is 0 Å². The highest BCUT2D eigenvalue weighted by molar-refractivity contribution is 5.80. The minimum atomic E-state index is 0.494. The van der Waals surface area contributed by atoms with Crippen LogP contribution in [0.2, 0.25) is 0 Å². The van der Waals surface area contributed by atoms with Crippen LogP contribution in [0.25, 0.3) is 0 Å². The monoisotopic (exact) mass is 197 g/mol. The zero-order valence-corrected chi connectivity index (χ0v) is 9.59. The summed E-state index contributed by atoms with van der Waals surface area (Å²) in [4.78, 5) is 4.29. The second kappa shape index (κ2) is 5.23. The number of fused-ring (bicyclic) bond motifs is 1. The molecule has 2 rings (SSSR count). The normalized spacial score (nSPS) is 29.9. The van der Waals surface area contributed by atoms with Crippen molar-refractivity contribution in [1.29, 1.82) is 0 Å². The van der Waals surface area contributed by atoms with Crippen molar-refractivity contribution < 1.29 is 0 Å². The molecule has 0 bridgehead atoms. The predicted molar refractivity (Wildman–Crippen MR) is 61.3 cm³/mol. The minimum absolute atomic E-state index is 0.494. The van der Waals surface area contributed by atoms with Crippen LogP contribution in [0.1, 0.15) is 46.5 Å². The molecule has 1 fully saturated rings. The molecule has 0 amide bonds. The highest BCUT2D eigenvalue weighted by Crippen LogP contribution is 2.23. The van der Waals surface area contributed by atoms with E-state index in [0.29, 0.717) is 18.0 Å². The Kier molecular flexibility index (Phi) is 4.23. The Morgan fingerprint density at radius 3 is 2.43 bits per heavy atom. The van der Waals surface area contributed by atoms with Gasteiger partial charge in [-0.1, -0.05) is 33.6 Å². The summed E-state index contributed by atoms with van der Waals surface area (Å²) >= 11 is 0. The van der Waals surface area contributed by atoms with Crippen LogP contribution in [0.5, 0.6) is 0 Å². The van der Waals surface area contributed by atoms with Crippen LogP contribution in [-0.2, 0) is 0 Å². The third kappa shape index (κ3) is 3.56. The molecule has 1 aliphatic carbocycles. The zero-order valence-electron chi connectivity index (χ0n) is 9.59. The predicted octanol–water partition coefficient (Wildman–Crippen LogP) is 1.88. The Hall–Kier alpha value is -0.730. The number of nitrogens with one attached hydrogen (secondary N) is 1. The Morgan fingerprint density at radius 2 is 1.86 bits per heavy atom. The van der Waals surface area contributed by atoms with Crippen LogP contribution >= 0.6 is 0 Å². The fourth-order valence-corrected chi connectivity index (χ4v) is 1.84. The summed E-state index contributed by atoms with van der Waals surface area (Å²) < 4.78 is 0. The van der Waals surface area contributed by atoms with Crippen LogP contribution in [0.3, 0.4) is 0 Å². The first-order chi connectivity index (χ1) is 6.59. The first-order valence-corrected chi connectivity index (χ1v) is 5.69. The molecule has 82 valence electrons. The van der Waals surface area contributed by atoms with Crippen molar-refractivity contribution >= 4 is 5.96 Å². The Bertz CT molecular complexity index is 196. The van der Waals surface area contributed by atoms with Gasteiger partial charge in [0.2, 0.25) is 0 Å². The zero-order chi connectivity index (χ0) is 10.6. The minimum Gasteiger partial charge on any atom is -0.370 e. The van der Waals surface area contributed by atoms with E-state index in [1.165, 1.54) is 25.7 Å². The van der Waals surface area contributed by atoms with Gasteiger partial charge in [0.1, 0.15) is 0 Å². The van der Waals surface area contributed by atoms with E-state index in [-0.39, 0.29) is 0 Å². The summed E-state index contributed by atoms with van der Waals surface area (Å²) in [5.41, 5.74) is 5.53. The number of guanidine groups is 1. The first-order valence-electron chi connectivity index (χ1n) is 5.69. The van der Waals surface area contributed by atoms with Gasteiger partial charge in [0.05, 0.1) is 12.1 Å². The van der Waals surface area contributed by atoms with Crippen LogP contribution in [0.15, 0.2) is 4.99 Å². The van der Waals surface area contributed by atoms with Crippen LogP contribution < -0.4 is 11.1 Å². The molecule has 14 heavy (non-hydrogen) atoms. The molecule has 1 aliphatic heterocycles. The fourth-order valence-electron chi connectivity index (χ4n) is 1.84. The Morgan fingerprint density at radius 1 is 1.29 bits per heavy atom. The van der Waals surface area contributed by atoms with Crippen molar-refractivity contribution in [3.05, 3.63) is 0 Å². The van der Waals surface area contributed by atoms with Crippen LogP contribution in [-0.4, -0.2) is 18.0 Å². The maximum Gasteiger partial charge on any atom is 0.189 e. The maximum atomic E-state index is 5.53. The van der Waals surface area contributed by atoms with Gasteiger partial charge in [-0.05, 0) is 18.8 Å². The summed E-state index contributed by atoms with van der Waals surface area (Å²) in [5.74, 6) is 1.48. The molecule has 2 aliphatic rings. The topological polar surface area (TPSA) is 50.4 Å². The molecule has 3 nitrogen and oxygen atoms in total. The lowest BCUT2D eigenvalue weighted by Crippen LogP contribution is -2.39. The largest absolute Gasteiger partial charge is 0.370 e. The number of rotatable bonds is 0. The lowest BCUT2D eigenvalue weighted by Gasteiger charge is -2.22. The van der Waals surface area contributed by atoms with Crippen molar-refractivity contribution in [1.82, 2.24) is 5.32 Å². The van der Waals surface area contributed by atoms with E-state index in [0.717, 1.165) is 5.92 Å². The number of hydrogen-bond acceptors (Lipinski definition) is 3. The van der Waals surface area contributed by atoms with Crippen molar-refractivity contribution in [2.75, 3.05) is 0 Å². The van der Waals surface area contributed by atoms with Crippen molar-refractivity contribution in [3.8, 4) is 0 Å². The van der Waals surface area contributed by atoms with Crippen LogP contribution in [0, 0.1) is 5.92 Å². The average molecular weight is 197 g/mol. The summed E-state index contributed by atoms with van der Waals surface area (Å²) in [6, 6.07) is 1.06. The van der Waals surface area contributed by atoms with E-state index in [4.69, 9.17) is 5.73 Å². The standard InChI is InChI=1S/C7H13N3.C4H10/c8-7-9-5-3-1-2-4-6(5)10-7;1-4(2)3/h5-6H,1-4H2,(H3,8,9,10);4H,1-3H3. The van der Waals surface area contributed by atoms with E-state index in [2.05, 4.69) is 31.1 Å². The molecule has 3 heteroatoms. The van der Waals surface area contributed by atoms with Gasteiger partial charge in [-0.2, -0.15) is 0 Å². The molecule has 0 saturated heterocycles. The third-order valence-electron chi connectivity index (χ3n) is 2.37. The van der Waals surface area contributed by atoms with Crippen molar-refractivity contribution in [3.63, 3.8) is 0 Å². The molecule has 2 atom stereocenters. The summed E-state index contributed by atoms with van der Waals surface area (Å²) in [6.07, 6.45) is 5.11. The van der Waals surface area contributed by atoms with Gasteiger partial charge in [0.25, 0.3) is 0 Å². The maximum absolute atomic E-state index is 5.53. The molecule has 0 spiro atoms. The molecule has 0 radical (unpaired) electrons. The molecular formula is C11H23N3. The average Bonchev–Trinajstić information content (AvgIpc) is 2.42. The fraction of sp³-hybridized carbons (Fsp3) is 0.909. The smallest absolute Gasteiger partial charge is 0.189 e. The summed E-state index contributed by atoms with van der Waals surface area (Å²) in [5, 5.41) is 3.18. The molecular weight excluding hydrogens is 174 g/mol. The van der Waals surface area contributed by atoms with Gasteiger partial charge < -0.3 is 11.1 Å². The number of nitrogens with zero attached hydrogens (tertiary/aromatic N) is 1. The van der Waals surface area contributed by atoms with E-state index < -0.39 is 0 Å². The lowest BCUT2D eigenvalue weighted by atomic mass is 9.92. The highest BCUT2D eigenvalue weighted by atomic mass is 15.2. The molecule has 0 aromatic carbocycles. The quantitative estimate of drug-likeness (QED) is 0.623. The van der Waals surface area contributed by atoms with Gasteiger partial charge in [-0.15, -0.1) is 0 Å². The van der Waals surface area contributed by atoms with Crippen LogP contribution in [0.4, 0.5) is 0 Å². The highest BCUT2D eigenvalue weighted by Gasteiger charge is 2.29. The van der Waals surface area contributed by atoms with E-state index >= 15 is 0 Å². The van der Waals surface area contributed by atoms with Gasteiger partial charge in [0.15, 0.2) is 5.96 Å². The van der Waals surface area contributed by atoms with Gasteiger partial charge in [-0.3, -0.25) is 0 Å². The number of nitrogens with two attached hydrogens (primary N) is 1.